The van der Waals surface area contributed by atoms with Crippen LogP contribution >= 0.6 is 27.7 Å². The molecule has 20 heavy (non-hydrogen) atoms. The molecule has 1 unspecified atom stereocenters. The van der Waals surface area contributed by atoms with Crippen molar-refractivity contribution in [1.29, 1.82) is 0 Å². The maximum atomic E-state index is 13.5. The molecule has 110 valence electrons. The van der Waals surface area contributed by atoms with Crippen molar-refractivity contribution in [2.24, 2.45) is 5.92 Å². The van der Waals surface area contributed by atoms with Crippen LogP contribution in [0, 0.1) is 11.7 Å². The predicted octanol–water partition coefficient (Wildman–Crippen LogP) is 3.58. The molecule has 0 heterocycles. The number of aromatic carboxylic acids is 1. The van der Waals surface area contributed by atoms with Gasteiger partial charge in [-0.3, -0.25) is 4.79 Å². The molecule has 0 saturated carbocycles. The Morgan fingerprint density at radius 2 is 2.00 bits per heavy atom. The topological polar surface area (TPSA) is 63.6 Å². The Kier molecular flexibility index (Phi) is 6.01. The number of esters is 1. The van der Waals surface area contributed by atoms with E-state index in [0.717, 1.165) is 17.8 Å². The van der Waals surface area contributed by atoms with Crippen molar-refractivity contribution in [3.05, 3.63) is 28.0 Å². The van der Waals surface area contributed by atoms with Crippen LogP contribution in [0.4, 0.5) is 4.39 Å². The normalized spacial score (nSPS) is 12.3. The van der Waals surface area contributed by atoms with Gasteiger partial charge in [0.2, 0.25) is 0 Å². The van der Waals surface area contributed by atoms with Crippen LogP contribution in [-0.4, -0.2) is 29.4 Å². The minimum Gasteiger partial charge on any atom is -0.478 e. The van der Waals surface area contributed by atoms with E-state index in [2.05, 4.69) is 15.9 Å². The Labute approximate surface area is 128 Å². The smallest absolute Gasteiger partial charge is 0.338 e. The lowest BCUT2D eigenvalue weighted by Gasteiger charge is -2.18. The summed E-state index contributed by atoms with van der Waals surface area (Å²) in [4.78, 5) is 23.1. The Balaban J connectivity index is 3.16. The summed E-state index contributed by atoms with van der Waals surface area (Å²) >= 11 is 4.32. The van der Waals surface area contributed by atoms with Gasteiger partial charge in [0.15, 0.2) is 0 Å². The molecule has 0 aliphatic carbocycles. The van der Waals surface area contributed by atoms with Crippen LogP contribution < -0.4 is 0 Å². The second-order valence-corrected chi connectivity index (χ2v) is 6.41. The number of hydrogen-bond acceptors (Lipinski definition) is 4. The van der Waals surface area contributed by atoms with E-state index in [0.29, 0.717) is 9.37 Å². The molecule has 0 bridgehead atoms. The number of carboxylic acid groups (broad SMARTS) is 1. The third-order valence-corrected chi connectivity index (χ3v) is 5.05. The van der Waals surface area contributed by atoms with Crippen LogP contribution in [0.15, 0.2) is 21.5 Å². The van der Waals surface area contributed by atoms with Crippen molar-refractivity contribution >= 4 is 39.6 Å². The Morgan fingerprint density at radius 1 is 1.40 bits per heavy atom. The third-order valence-electron chi connectivity index (χ3n) is 2.54. The number of rotatable bonds is 5. The Hall–Kier alpha value is -1.08. The summed E-state index contributed by atoms with van der Waals surface area (Å²) in [6, 6.07) is 2.30. The first kappa shape index (κ1) is 17.0. The van der Waals surface area contributed by atoms with Gasteiger partial charge < -0.3 is 9.84 Å². The van der Waals surface area contributed by atoms with Gasteiger partial charge in [0.25, 0.3) is 0 Å². The summed E-state index contributed by atoms with van der Waals surface area (Å²) in [5, 5.41) is 8.43. The lowest BCUT2D eigenvalue weighted by atomic mass is 10.1. The van der Waals surface area contributed by atoms with Gasteiger partial charge in [-0.15, -0.1) is 11.8 Å². The van der Waals surface area contributed by atoms with Gasteiger partial charge in [0, 0.05) is 9.37 Å². The third kappa shape index (κ3) is 3.96. The quantitative estimate of drug-likeness (QED) is 0.638. The van der Waals surface area contributed by atoms with Gasteiger partial charge in [-0.1, -0.05) is 13.8 Å². The zero-order chi connectivity index (χ0) is 15.4. The summed E-state index contributed by atoms with van der Waals surface area (Å²) in [6.45, 7) is 3.70. The molecular weight excluding hydrogens is 351 g/mol. The molecule has 0 amide bonds. The molecule has 1 rings (SSSR count). The van der Waals surface area contributed by atoms with Crippen LogP contribution in [0.25, 0.3) is 0 Å². The average Bonchev–Trinajstić information content (AvgIpc) is 2.36. The number of methoxy groups -OCH3 is 1. The van der Waals surface area contributed by atoms with Gasteiger partial charge >= 0.3 is 11.9 Å². The first-order chi connectivity index (χ1) is 9.27. The van der Waals surface area contributed by atoms with E-state index in [-0.39, 0.29) is 5.92 Å². The maximum Gasteiger partial charge on any atom is 0.338 e. The average molecular weight is 365 g/mol. The second kappa shape index (κ2) is 7.08. The number of carbonyl (C=O) groups is 2. The zero-order valence-electron chi connectivity index (χ0n) is 11.1. The fourth-order valence-electron chi connectivity index (χ4n) is 1.49. The standard InChI is InChI=1S/C13H14BrFO4S/c1-6(2)11(13(18)19-3)20-10-4-7(12(16)17)9(15)5-8(10)14/h4-6,11H,1-3H3,(H,16,17). The van der Waals surface area contributed by atoms with Gasteiger partial charge in [-0.2, -0.15) is 0 Å². The highest BCUT2D eigenvalue weighted by atomic mass is 79.9. The van der Waals surface area contributed by atoms with E-state index in [1.807, 2.05) is 13.8 Å². The highest BCUT2D eigenvalue weighted by molar-refractivity contribution is 9.10. The number of benzene rings is 1. The Bertz CT molecular complexity index is 533. The number of carboxylic acids is 1. The molecule has 7 heteroatoms. The summed E-state index contributed by atoms with van der Waals surface area (Å²) in [6.07, 6.45) is 0. The first-order valence-corrected chi connectivity index (χ1v) is 7.42. The molecule has 0 saturated heterocycles. The summed E-state index contributed by atoms with van der Waals surface area (Å²) in [5.41, 5.74) is -0.428. The van der Waals surface area contributed by atoms with Gasteiger partial charge in [-0.05, 0) is 34.0 Å². The van der Waals surface area contributed by atoms with Crippen molar-refractivity contribution < 1.29 is 23.8 Å². The minimum atomic E-state index is -1.35. The zero-order valence-corrected chi connectivity index (χ0v) is 13.5. The maximum absolute atomic E-state index is 13.5. The molecule has 1 aromatic rings. The predicted molar refractivity (Wildman–Crippen MR) is 77.6 cm³/mol. The number of halogens is 2. The molecule has 0 fully saturated rings. The van der Waals surface area contributed by atoms with Gasteiger partial charge in [0.05, 0.1) is 12.7 Å². The van der Waals surface area contributed by atoms with Crippen molar-refractivity contribution in [2.45, 2.75) is 24.0 Å². The van der Waals surface area contributed by atoms with Crippen molar-refractivity contribution in [1.82, 2.24) is 0 Å². The molecular formula is C13H14BrFO4S. The lowest BCUT2D eigenvalue weighted by molar-refractivity contribution is -0.140. The summed E-state index contributed by atoms with van der Waals surface area (Å²) in [5.74, 6) is -2.60. The molecule has 4 nitrogen and oxygen atoms in total. The molecule has 1 aromatic carbocycles. The highest BCUT2D eigenvalue weighted by Crippen LogP contribution is 2.35. The van der Waals surface area contributed by atoms with E-state index in [9.17, 15) is 14.0 Å². The van der Waals surface area contributed by atoms with Crippen molar-refractivity contribution in [3.63, 3.8) is 0 Å². The second-order valence-electron chi connectivity index (χ2n) is 4.37. The molecule has 0 aliphatic heterocycles. The van der Waals surface area contributed by atoms with Gasteiger partial charge in [0.1, 0.15) is 11.1 Å². The van der Waals surface area contributed by atoms with E-state index in [1.165, 1.54) is 13.2 Å². The molecule has 0 aromatic heterocycles. The van der Waals surface area contributed by atoms with E-state index >= 15 is 0 Å². The summed E-state index contributed by atoms with van der Waals surface area (Å²) in [7, 11) is 1.29. The van der Waals surface area contributed by atoms with Crippen LogP contribution in [-0.2, 0) is 9.53 Å². The fourth-order valence-corrected chi connectivity index (χ4v) is 3.18. The number of ether oxygens (including phenoxy) is 1. The monoisotopic (exact) mass is 364 g/mol. The van der Waals surface area contributed by atoms with E-state index < -0.39 is 28.6 Å². The molecule has 0 radical (unpaired) electrons. The fraction of sp³-hybridized carbons (Fsp3) is 0.385. The van der Waals surface area contributed by atoms with Gasteiger partial charge in [-0.25, -0.2) is 9.18 Å². The number of hydrogen-bond donors (Lipinski definition) is 1. The highest BCUT2D eigenvalue weighted by Gasteiger charge is 2.26. The van der Waals surface area contributed by atoms with Crippen molar-refractivity contribution in [3.8, 4) is 0 Å². The van der Waals surface area contributed by atoms with Crippen LogP contribution in [0.2, 0.25) is 0 Å². The minimum absolute atomic E-state index is 0.0160. The number of thioether (sulfide) groups is 1. The summed E-state index contributed by atoms with van der Waals surface area (Å²) < 4.78 is 18.6. The van der Waals surface area contributed by atoms with Crippen LogP contribution in [0.3, 0.4) is 0 Å². The van der Waals surface area contributed by atoms with Crippen LogP contribution in [0.1, 0.15) is 24.2 Å². The van der Waals surface area contributed by atoms with E-state index in [4.69, 9.17) is 9.84 Å². The Morgan fingerprint density at radius 3 is 2.45 bits per heavy atom. The SMILES string of the molecule is COC(=O)C(Sc1cc(C(=O)O)c(F)cc1Br)C(C)C. The molecule has 0 aliphatic rings. The molecule has 0 spiro atoms. The molecule has 1 atom stereocenters. The largest absolute Gasteiger partial charge is 0.478 e. The van der Waals surface area contributed by atoms with Crippen molar-refractivity contribution in [2.75, 3.05) is 7.11 Å². The number of carbonyl (C=O) groups excluding carboxylic acids is 1. The van der Waals surface area contributed by atoms with E-state index in [1.54, 1.807) is 0 Å². The van der Waals surface area contributed by atoms with Crippen LogP contribution in [0.5, 0.6) is 0 Å². The first-order valence-electron chi connectivity index (χ1n) is 5.74. The molecule has 1 N–H and O–H groups in total. The lowest BCUT2D eigenvalue weighted by Crippen LogP contribution is -2.24.